The van der Waals surface area contributed by atoms with Crippen LogP contribution in [0.2, 0.25) is 0 Å². The van der Waals surface area contributed by atoms with Crippen molar-refractivity contribution in [1.29, 1.82) is 0 Å². The summed E-state index contributed by atoms with van der Waals surface area (Å²) in [6.07, 6.45) is 1.47. The first-order valence-electron chi connectivity index (χ1n) is 10.8. The van der Waals surface area contributed by atoms with Crippen molar-refractivity contribution in [2.24, 2.45) is 0 Å². The van der Waals surface area contributed by atoms with Gasteiger partial charge in [-0.1, -0.05) is 30.3 Å². The second kappa shape index (κ2) is 9.26. The standard InChI is InChI=1S/C23H33N3O5/c1-22(2,3)31-21(29)24-14-11-23(12-15-24)20(28)25(16-19(27)30-4)17-26(23)13-10-18-8-6-5-7-9-18/h5-9H,10-17H2,1-4H3. The first-order chi connectivity index (χ1) is 14.6. The smallest absolute Gasteiger partial charge is 0.410 e. The second-order valence-corrected chi connectivity index (χ2v) is 9.22. The van der Waals surface area contributed by atoms with Crippen LogP contribution in [0.5, 0.6) is 0 Å². The zero-order valence-electron chi connectivity index (χ0n) is 18.9. The zero-order valence-corrected chi connectivity index (χ0v) is 18.9. The van der Waals surface area contributed by atoms with Crippen molar-refractivity contribution >= 4 is 18.0 Å². The van der Waals surface area contributed by atoms with Crippen molar-refractivity contribution < 1.29 is 23.9 Å². The Balaban J connectivity index is 1.73. The molecule has 1 aromatic rings. The third kappa shape index (κ3) is 5.36. The van der Waals surface area contributed by atoms with Crippen LogP contribution in [0.15, 0.2) is 30.3 Å². The molecule has 0 aliphatic carbocycles. The molecule has 8 heteroatoms. The summed E-state index contributed by atoms with van der Waals surface area (Å²) in [4.78, 5) is 43.1. The van der Waals surface area contributed by atoms with Gasteiger partial charge in [-0.3, -0.25) is 14.5 Å². The van der Waals surface area contributed by atoms with E-state index in [0.29, 0.717) is 39.1 Å². The molecule has 8 nitrogen and oxygen atoms in total. The fourth-order valence-corrected chi connectivity index (χ4v) is 4.29. The lowest BCUT2D eigenvalue weighted by Crippen LogP contribution is -2.57. The Kier molecular flexibility index (Phi) is 6.89. The van der Waals surface area contributed by atoms with Crippen LogP contribution in [-0.4, -0.2) is 83.8 Å². The second-order valence-electron chi connectivity index (χ2n) is 9.22. The number of esters is 1. The van der Waals surface area contributed by atoms with Gasteiger partial charge in [0, 0.05) is 19.6 Å². The molecular formula is C23H33N3O5. The Morgan fingerprint density at radius 3 is 2.32 bits per heavy atom. The predicted molar refractivity (Wildman–Crippen MR) is 115 cm³/mol. The molecule has 2 heterocycles. The Bertz CT molecular complexity index is 797. The number of carbonyl (C=O) groups excluding carboxylic acids is 3. The number of benzene rings is 1. The van der Waals surface area contributed by atoms with E-state index >= 15 is 0 Å². The van der Waals surface area contributed by atoms with Crippen molar-refractivity contribution in [3.8, 4) is 0 Å². The molecule has 0 saturated carbocycles. The first kappa shape index (κ1) is 23.1. The number of hydrogen-bond donors (Lipinski definition) is 0. The van der Waals surface area contributed by atoms with Gasteiger partial charge in [0.1, 0.15) is 17.7 Å². The van der Waals surface area contributed by atoms with Gasteiger partial charge in [0.05, 0.1) is 13.8 Å². The maximum Gasteiger partial charge on any atom is 0.410 e. The monoisotopic (exact) mass is 431 g/mol. The van der Waals surface area contributed by atoms with E-state index in [1.54, 1.807) is 9.80 Å². The van der Waals surface area contributed by atoms with Crippen molar-refractivity contribution in [2.45, 2.75) is 51.2 Å². The molecule has 0 aromatic heterocycles. The molecule has 170 valence electrons. The van der Waals surface area contributed by atoms with Crippen molar-refractivity contribution in [3.05, 3.63) is 35.9 Å². The van der Waals surface area contributed by atoms with Gasteiger partial charge in [0.15, 0.2) is 0 Å². The Labute approximate surface area is 184 Å². The maximum absolute atomic E-state index is 13.4. The molecule has 2 amide bonds. The molecule has 2 fully saturated rings. The van der Waals surface area contributed by atoms with Crippen molar-refractivity contribution in [3.63, 3.8) is 0 Å². The average molecular weight is 432 g/mol. The largest absolute Gasteiger partial charge is 0.468 e. The van der Waals surface area contributed by atoms with Crippen molar-refractivity contribution in [1.82, 2.24) is 14.7 Å². The van der Waals surface area contributed by atoms with Crippen LogP contribution in [0.3, 0.4) is 0 Å². The molecule has 1 spiro atoms. The Hall–Kier alpha value is -2.61. The van der Waals surface area contributed by atoms with E-state index < -0.39 is 17.1 Å². The van der Waals surface area contributed by atoms with Gasteiger partial charge in [0.2, 0.25) is 5.91 Å². The summed E-state index contributed by atoms with van der Waals surface area (Å²) in [5.41, 5.74) is -0.0712. The molecule has 0 bridgehead atoms. The minimum atomic E-state index is -0.707. The highest BCUT2D eigenvalue weighted by atomic mass is 16.6. The van der Waals surface area contributed by atoms with Crippen LogP contribution >= 0.6 is 0 Å². The average Bonchev–Trinajstić information content (AvgIpc) is 2.97. The first-order valence-corrected chi connectivity index (χ1v) is 10.8. The van der Waals surface area contributed by atoms with Gasteiger partial charge in [-0.15, -0.1) is 0 Å². The minimum Gasteiger partial charge on any atom is -0.468 e. The van der Waals surface area contributed by atoms with E-state index in [1.807, 2.05) is 39.0 Å². The molecule has 0 unspecified atom stereocenters. The SMILES string of the molecule is COC(=O)CN1CN(CCc2ccccc2)C2(CCN(C(=O)OC(C)(C)C)CC2)C1=O. The van der Waals surface area contributed by atoms with Crippen molar-refractivity contribution in [2.75, 3.05) is 40.0 Å². The fourth-order valence-electron chi connectivity index (χ4n) is 4.29. The van der Waals surface area contributed by atoms with E-state index in [0.717, 1.165) is 6.42 Å². The van der Waals surface area contributed by atoms with Gasteiger partial charge in [-0.2, -0.15) is 0 Å². The summed E-state index contributed by atoms with van der Waals surface area (Å²) in [6, 6.07) is 10.1. The summed E-state index contributed by atoms with van der Waals surface area (Å²) < 4.78 is 10.3. The van der Waals surface area contributed by atoms with E-state index in [2.05, 4.69) is 17.0 Å². The number of amides is 2. The molecule has 0 atom stereocenters. The molecular weight excluding hydrogens is 398 g/mol. The summed E-state index contributed by atoms with van der Waals surface area (Å²) in [5, 5.41) is 0. The third-order valence-corrected chi connectivity index (χ3v) is 5.94. The molecule has 1 aromatic carbocycles. The molecule has 3 rings (SSSR count). The Morgan fingerprint density at radius 1 is 1.10 bits per heavy atom. The van der Waals surface area contributed by atoms with E-state index in [4.69, 9.17) is 9.47 Å². The van der Waals surface area contributed by atoms with Gasteiger partial charge in [-0.05, 0) is 45.6 Å². The predicted octanol–water partition coefficient (Wildman–Crippen LogP) is 2.27. The minimum absolute atomic E-state index is 0.0604. The number of likely N-dealkylation sites (tertiary alicyclic amines) is 1. The number of nitrogens with zero attached hydrogens (tertiary/aromatic N) is 3. The summed E-state index contributed by atoms with van der Waals surface area (Å²) in [7, 11) is 1.32. The number of piperidine rings is 1. The van der Waals surface area contributed by atoms with Crippen LogP contribution < -0.4 is 0 Å². The van der Waals surface area contributed by atoms with Gasteiger partial charge in [-0.25, -0.2) is 4.79 Å². The normalized spacial score (nSPS) is 19.0. The lowest BCUT2D eigenvalue weighted by molar-refractivity contribution is -0.147. The lowest BCUT2D eigenvalue weighted by atomic mass is 9.85. The highest BCUT2D eigenvalue weighted by molar-refractivity contribution is 5.91. The van der Waals surface area contributed by atoms with Gasteiger partial charge in [0.25, 0.3) is 0 Å². The third-order valence-electron chi connectivity index (χ3n) is 5.94. The lowest BCUT2D eigenvalue weighted by Gasteiger charge is -2.42. The quantitative estimate of drug-likeness (QED) is 0.666. The van der Waals surface area contributed by atoms with Crippen LogP contribution in [0.25, 0.3) is 0 Å². The van der Waals surface area contributed by atoms with Crippen LogP contribution in [0.4, 0.5) is 4.79 Å². The molecule has 2 saturated heterocycles. The summed E-state index contributed by atoms with van der Waals surface area (Å²) in [6.45, 7) is 7.41. The zero-order chi connectivity index (χ0) is 22.6. The number of ether oxygens (including phenoxy) is 2. The van der Waals surface area contributed by atoms with Crippen LogP contribution in [0, 0.1) is 0 Å². The molecule has 31 heavy (non-hydrogen) atoms. The number of carbonyl (C=O) groups is 3. The Morgan fingerprint density at radius 2 is 1.74 bits per heavy atom. The van der Waals surface area contributed by atoms with E-state index in [-0.39, 0.29) is 18.5 Å². The van der Waals surface area contributed by atoms with Crippen LogP contribution in [-0.2, 0) is 25.5 Å². The summed E-state index contributed by atoms with van der Waals surface area (Å²) in [5.74, 6) is -0.491. The molecule has 2 aliphatic heterocycles. The number of hydrogen-bond acceptors (Lipinski definition) is 6. The molecule has 0 radical (unpaired) electrons. The topological polar surface area (TPSA) is 79.4 Å². The van der Waals surface area contributed by atoms with Gasteiger partial charge < -0.3 is 19.3 Å². The maximum atomic E-state index is 13.4. The van der Waals surface area contributed by atoms with E-state index in [1.165, 1.54) is 12.7 Å². The number of rotatable bonds is 5. The van der Waals surface area contributed by atoms with E-state index in [9.17, 15) is 14.4 Å². The fraction of sp³-hybridized carbons (Fsp3) is 0.609. The highest BCUT2D eigenvalue weighted by Crippen LogP contribution is 2.36. The number of methoxy groups -OCH3 is 1. The van der Waals surface area contributed by atoms with Crippen LogP contribution in [0.1, 0.15) is 39.2 Å². The summed E-state index contributed by atoms with van der Waals surface area (Å²) >= 11 is 0. The molecule has 0 N–H and O–H groups in total. The molecule has 2 aliphatic rings. The highest BCUT2D eigenvalue weighted by Gasteiger charge is 2.54. The van der Waals surface area contributed by atoms with Gasteiger partial charge >= 0.3 is 12.1 Å².